The molecule has 0 saturated carbocycles. The SMILES string of the molecule is CCOC(=O)c1c(C)nc2[nH]ccc2c1-c1ccc(Cl)cc1F. The Balaban J connectivity index is 2.38. The summed E-state index contributed by atoms with van der Waals surface area (Å²) in [5.74, 6) is -1.03. The van der Waals surface area contributed by atoms with Crippen molar-refractivity contribution in [3.05, 3.63) is 52.6 Å². The Morgan fingerprint density at radius 3 is 2.87 bits per heavy atom. The fourth-order valence-corrected chi connectivity index (χ4v) is 2.78. The number of nitrogens with zero attached hydrogens (tertiary/aromatic N) is 1. The molecule has 0 amide bonds. The van der Waals surface area contributed by atoms with E-state index in [0.29, 0.717) is 27.3 Å². The van der Waals surface area contributed by atoms with Crippen LogP contribution in [0.3, 0.4) is 0 Å². The first-order valence-electron chi connectivity index (χ1n) is 7.13. The minimum atomic E-state index is -0.523. The van der Waals surface area contributed by atoms with Crippen molar-refractivity contribution in [1.82, 2.24) is 9.97 Å². The summed E-state index contributed by atoms with van der Waals surface area (Å²) in [7, 11) is 0. The fraction of sp³-hybridized carbons (Fsp3) is 0.176. The number of hydrogen-bond acceptors (Lipinski definition) is 3. The molecule has 2 aromatic heterocycles. The third kappa shape index (κ3) is 2.68. The molecule has 1 aromatic carbocycles. The van der Waals surface area contributed by atoms with E-state index in [1.807, 2.05) is 0 Å². The normalized spacial score (nSPS) is 11.0. The van der Waals surface area contributed by atoms with E-state index >= 15 is 0 Å². The standard InChI is InChI=1S/C17H14ClFN2O2/c1-3-23-17(22)14-9(2)21-16-12(6-7-20-16)15(14)11-5-4-10(18)8-13(11)19/h4-8H,3H2,1-2H3,(H,20,21). The molecule has 0 fully saturated rings. The second kappa shape index (κ2) is 6.01. The van der Waals surface area contributed by atoms with Gasteiger partial charge in [-0.1, -0.05) is 11.6 Å². The maximum absolute atomic E-state index is 14.5. The van der Waals surface area contributed by atoms with Crippen molar-refractivity contribution in [3.63, 3.8) is 0 Å². The number of carbonyl (C=O) groups excluding carboxylic acids is 1. The molecule has 0 unspecified atom stereocenters. The van der Waals surface area contributed by atoms with Crippen molar-refractivity contribution in [3.8, 4) is 11.1 Å². The number of pyridine rings is 1. The van der Waals surface area contributed by atoms with Gasteiger partial charge >= 0.3 is 5.97 Å². The Morgan fingerprint density at radius 1 is 1.39 bits per heavy atom. The Morgan fingerprint density at radius 2 is 2.17 bits per heavy atom. The summed E-state index contributed by atoms with van der Waals surface area (Å²) in [6, 6.07) is 6.12. The molecule has 0 radical (unpaired) electrons. The van der Waals surface area contributed by atoms with E-state index in [1.54, 1.807) is 38.2 Å². The van der Waals surface area contributed by atoms with E-state index in [2.05, 4.69) is 9.97 Å². The summed E-state index contributed by atoms with van der Waals surface area (Å²) in [6.45, 7) is 3.65. The lowest BCUT2D eigenvalue weighted by Gasteiger charge is -2.14. The largest absolute Gasteiger partial charge is 0.462 e. The number of nitrogens with one attached hydrogen (secondary N) is 1. The first-order chi connectivity index (χ1) is 11.0. The summed E-state index contributed by atoms with van der Waals surface area (Å²) in [5, 5.41) is 0.944. The van der Waals surface area contributed by atoms with Crippen molar-refractivity contribution < 1.29 is 13.9 Å². The number of esters is 1. The minimum Gasteiger partial charge on any atom is -0.462 e. The van der Waals surface area contributed by atoms with Crippen LogP contribution in [0.15, 0.2) is 30.5 Å². The van der Waals surface area contributed by atoms with E-state index < -0.39 is 11.8 Å². The number of halogens is 2. The number of fused-ring (bicyclic) bond motifs is 1. The highest BCUT2D eigenvalue weighted by molar-refractivity contribution is 6.30. The van der Waals surface area contributed by atoms with E-state index in [-0.39, 0.29) is 17.7 Å². The van der Waals surface area contributed by atoms with Crippen LogP contribution in [-0.2, 0) is 4.74 Å². The molecule has 0 aliphatic rings. The molecule has 0 aliphatic heterocycles. The van der Waals surface area contributed by atoms with Crippen LogP contribution in [0.1, 0.15) is 23.0 Å². The zero-order valence-electron chi connectivity index (χ0n) is 12.6. The van der Waals surface area contributed by atoms with Gasteiger partial charge in [0.25, 0.3) is 0 Å². The van der Waals surface area contributed by atoms with Crippen LogP contribution in [-0.4, -0.2) is 22.5 Å². The number of benzene rings is 1. The molecule has 0 spiro atoms. The zero-order chi connectivity index (χ0) is 16.6. The van der Waals surface area contributed by atoms with Gasteiger partial charge in [0.1, 0.15) is 11.5 Å². The molecule has 3 rings (SSSR count). The molecular formula is C17H14ClFN2O2. The lowest BCUT2D eigenvalue weighted by Crippen LogP contribution is -2.11. The van der Waals surface area contributed by atoms with Crippen molar-refractivity contribution in [1.29, 1.82) is 0 Å². The molecule has 0 atom stereocenters. The first kappa shape index (κ1) is 15.5. The molecule has 3 aromatic rings. The van der Waals surface area contributed by atoms with Gasteiger partial charge < -0.3 is 9.72 Å². The smallest absolute Gasteiger partial charge is 0.340 e. The lowest BCUT2D eigenvalue weighted by molar-refractivity contribution is 0.0526. The lowest BCUT2D eigenvalue weighted by atomic mass is 9.96. The van der Waals surface area contributed by atoms with Crippen LogP contribution < -0.4 is 0 Å². The molecule has 1 N–H and O–H groups in total. The Bertz CT molecular complexity index is 905. The van der Waals surface area contributed by atoms with Gasteiger partial charge in [0.2, 0.25) is 0 Å². The molecule has 2 heterocycles. The Labute approximate surface area is 137 Å². The van der Waals surface area contributed by atoms with Crippen LogP contribution in [0.5, 0.6) is 0 Å². The summed E-state index contributed by atoms with van der Waals surface area (Å²) in [4.78, 5) is 19.7. The summed E-state index contributed by atoms with van der Waals surface area (Å²) in [6.07, 6.45) is 1.70. The molecular weight excluding hydrogens is 319 g/mol. The van der Waals surface area contributed by atoms with E-state index in [1.165, 1.54) is 6.07 Å². The summed E-state index contributed by atoms with van der Waals surface area (Å²) < 4.78 is 19.6. The maximum atomic E-state index is 14.5. The van der Waals surface area contributed by atoms with Gasteiger partial charge in [0.15, 0.2) is 0 Å². The molecule has 6 heteroatoms. The number of H-pyrrole nitrogens is 1. The third-order valence-corrected chi connectivity index (χ3v) is 3.80. The molecule has 23 heavy (non-hydrogen) atoms. The van der Waals surface area contributed by atoms with Crippen molar-refractivity contribution in [2.24, 2.45) is 0 Å². The predicted molar refractivity (Wildman–Crippen MR) is 87.2 cm³/mol. The third-order valence-electron chi connectivity index (χ3n) is 3.57. The van der Waals surface area contributed by atoms with Gasteiger partial charge in [-0.25, -0.2) is 14.2 Å². The number of ether oxygens (including phenoxy) is 1. The summed E-state index contributed by atoms with van der Waals surface area (Å²) in [5.41, 5.74) is 2.07. The monoisotopic (exact) mass is 332 g/mol. The van der Waals surface area contributed by atoms with E-state index in [0.717, 1.165) is 0 Å². The quantitative estimate of drug-likeness (QED) is 0.718. The molecule has 118 valence electrons. The van der Waals surface area contributed by atoms with E-state index in [4.69, 9.17) is 16.3 Å². The molecule has 0 saturated heterocycles. The van der Waals surface area contributed by atoms with Crippen LogP contribution in [0.4, 0.5) is 4.39 Å². The topological polar surface area (TPSA) is 55.0 Å². The molecule has 0 aliphatic carbocycles. The zero-order valence-corrected chi connectivity index (χ0v) is 13.4. The average Bonchev–Trinajstić information content (AvgIpc) is 2.94. The van der Waals surface area contributed by atoms with Crippen LogP contribution in [0.2, 0.25) is 5.02 Å². The number of hydrogen-bond donors (Lipinski definition) is 1. The van der Waals surface area contributed by atoms with Gasteiger partial charge in [-0.15, -0.1) is 0 Å². The molecule has 4 nitrogen and oxygen atoms in total. The van der Waals surface area contributed by atoms with Gasteiger partial charge in [-0.2, -0.15) is 0 Å². The van der Waals surface area contributed by atoms with Crippen LogP contribution in [0, 0.1) is 12.7 Å². The highest BCUT2D eigenvalue weighted by Gasteiger charge is 2.23. The maximum Gasteiger partial charge on any atom is 0.340 e. The average molecular weight is 333 g/mol. The first-order valence-corrected chi connectivity index (χ1v) is 7.51. The van der Waals surface area contributed by atoms with E-state index in [9.17, 15) is 9.18 Å². The number of aromatic amines is 1. The van der Waals surface area contributed by atoms with Gasteiger partial charge in [0.05, 0.1) is 17.9 Å². The second-order valence-corrected chi connectivity index (χ2v) is 5.47. The molecule has 0 bridgehead atoms. The van der Waals surface area contributed by atoms with Gasteiger partial charge in [0, 0.05) is 27.7 Å². The van der Waals surface area contributed by atoms with Gasteiger partial charge in [-0.3, -0.25) is 0 Å². The fourth-order valence-electron chi connectivity index (χ4n) is 2.62. The van der Waals surface area contributed by atoms with Gasteiger partial charge in [-0.05, 0) is 38.1 Å². The highest BCUT2D eigenvalue weighted by Crippen LogP contribution is 2.35. The van der Waals surface area contributed by atoms with Crippen LogP contribution >= 0.6 is 11.6 Å². The number of carbonyl (C=O) groups is 1. The minimum absolute atomic E-state index is 0.228. The second-order valence-electron chi connectivity index (χ2n) is 5.03. The number of rotatable bonds is 3. The predicted octanol–water partition coefficient (Wildman–Crippen LogP) is 4.51. The Kier molecular flexibility index (Phi) is 4.05. The van der Waals surface area contributed by atoms with Crippen LogP contribution in [0.25, 0.3) is 22.2 Å². The van der Waals surface area contributed by atoms with Crippen molar-refractivity contribution in [2.45, 2.75) is 13.8 Å². The number of aryl methyl sites for hydroxylation is 1. The summed E-state index contributed by atoms with van der Waals surface area (Å²) >= 11 is 5.83. The highest BCUT2D eigenvalue weighted by atomic mass is 35.5. The number of aromatic nitrogens is 2. The Hall–Kier alpha value is -2.40. The van der Waals surface area contributed by atoms with Crippen molar-refractivity contribution in [2.75, 3.05) is 6.61 Å². The van der Waals surface area contributed by atoms with Crippen molar-refractivity contribution >= 4 is 28.6 Å².